The minimum Gasteiger partial charge on any atom is -0.508 e. The standard InChI is InChI=1S/C24H18F2N2O5/c1-27(16-10-13(25)9-14(26)11-16)23(31)21-22(30)19-8-7-18(33-2)12-20(19)28(24(21)32)15-3-5-17(29)6-4-15/h3-12,21,29H,1-2H3. The number of aromatic hydroxyl groups is 1. The zero-order chi connectivity index (χ0) is 23.9. The molecule has 9 heteroatoms. The van der Waals surface area contributed by atoms with Crippen LogP contribution in [0, 0.1) is 17.6 Å². The number of Topliss-reactive ketones (excluding diaryl/α,β-unsaturated/α-hetero) is 1. The van der Waals surface area contributed by atoms with Gasteiger partial charge in [-0.05, 0) is 48.5 Å². The van der Waals surface area contributed by atoms with E-state index in [4.69, 9.17) is 4.74 Å². The maximum atomic E-state index is 13.7. The summed E-state index contributed by atoms with van der Waals surface area (Å²) in [5, 5.41) is 9.62. The molecular weight excluding hydrogens is 434 g/mol. The molecule has 1 aliphatic heterocycles. The number of carbonyl (C=O) groups is 3. The molecule has 3 aromatic carbocycles. The lowest BCUT2D eigenvalue weighted by Crippen LogP contribution is -2.50. The van der Waals surface area contributed by atoms with Gasteiger partial charge in [0.05, 0.1) is 12.8 Å². The Morgan fingerprint density at radius 3 is 2.24 bits per heavy atom. The summed E-state index contributed by atoms with van der Waals surface area (Å²) in [4.78, 5) is 42.1. The van der Waals surface area contributed by atoms with Crippen LogP contribution in [0.4, 0.5) is 25.8 Å². The minimum atomic E-state index is -1.78. The van der Waals surface area contributed by atoms with Crippen LogP contribution in [0.25, 0.3) is 0 Å². The van der Waals surface area contributed by atoms with E-state index in [-0.39, 0.29) is 22.7 Å². The lowest BCUT2D eigenvalue weighted by Gasteiger charge is -2.34. The van der Waals surface area contributed by atoms with Gasteiger partial charge in [-0.15, -0.1) is 0 Å². The average molecular weight is 452 g/mol. The lowest BCUT2D eigenvalue weighted by atomic mass is 9.88. The van der Waals surface area contributed by atoms with Crippen molar-refractivity contribution in [1.82, 2.24) is 0 Å². The van der Waals surface area contributed by atoms with Gasteiger partial charge in [-0.2, -0.15) is 0 Å². The van der Waals surface area contributed by atoms with Crippen LogP contribution in [-0.4, -0.2) is 36.9 Å². The van der Waals surface area contributed by atoms with Gasteiger partial charge in [-0.3, -0.25) is 19.3 Å². The van der Waals surface area contributed by atoms with Crippen LogP contribution >= 0.6 is 0 Å². The molecular formula is C24H18F2N2O5. The second kappa shape index (κ2) is 8.34. The highest BCUT2D eigenvalue weighted by molar-refractivity contribution is 6.34. The monoisotopic (exact) mass is 452 g/mol. The fourth-order valence-electron chi connectivity index (χ4n) is 3.69. The maximum absolute atomic E-state index is 13.7. The zero-order valence-electron chi connectivity index (χ0n) is 17.6. The summed E-state index contributed by atoms with van der Waals surface area (Å²) in [5.74, 6) is -5.79. The Morgan fingerprint density at radius 2 is 1.64 bits per heavy atom. The number of ketones is 1. The van der Waals surface area contributed by atoms with Crippen molar-refractivity contribution in [2.45, 2.75) is 0 Å². The molecule has 0 aromatic heterocycles. The molecule has 33 heavy (non-hydrogen) atoms. The van der Waals surface area contributed by atoms with Gasteiger partial charge in [-0.1, -0.05) is 0 Å². The van der Waals surface area contributed by atoms with Crippen molar-refractivity contribution in [2.75, 3.05) is 24.0 Å². The first-order valence-corrected chi connectivity index (χ1v) is 9.80. The van der Waals surface area contributed by atoms with Gasteiger partial charge in [0.1, 0.15) is 23.1 Å². The number of fused-ring (bicyclic) bond motifs is 1. The molecule has 1 unspecified atom stereocenters. The molecule has 1 N–H and O–H groups in total. The first kappa shape index (κ1) is 21.9. The molecule has 2 amide bonds. The van der Waals surface area contributed by atoms with Crippen LogP contribution in [0.15, 0.2) is 60.7 Å². The number of phenolic OH excluding ortho intramolecular Hbond substituents is 1. The smallest absolute Gasteiger partial charge is 0.252 e. The number of phenols is 1. The normalized spacial score (nSPS) is 15.3. The molecule has 1 atom stereocenters. The van der Waals surface area contributed by atoms with E-state index >= 15 is 0 Å². The van der Waals surface area contributed by atoms with E-state index in [9.17, 15) is 28.3 Å². The second-order valence-corrected chi connectivity index (χ2v) is 7.40. The Kier molecular flexibility index (Phi) is 5.55. The molecule has 168 valence electrons. The van der Waals surface area contributed by atoms with Crippen LogP contribution in [0.5, 0.6) is 11.5 Å². The van der Waals surface area contributed by atoms with Gasteiger partial charge in [0.25, 0.3) is 5.91 Å². The average Bonchev–Trinajstić information content (AvgIpc) is 2.78. The number of hydrogen-bond donors (Lipinski definition) is 1. The number of amides is 2. The number of carbonyl (C=O) groups excluding carboxylic acids is 3. The van der Waals surface area contributed by atoms with E-state index in [1.807, 2.05) is 0 Å². The Morgan fingerprint density at radius 1 is 1.00 bits per heavy atom. The van der Waals surface area contributed by atoms with Crippen LogP contribution in [-0.2, 0) is 9.59 Å². The summed E-state index contributed by atoms with van der Waals surface area (Å²) in [6, 6.07) is 12.6. The third-order valence-electron chi connectivity index (χ3n) is 5.36. The van der Waals surface area contributed by atoms with Crippen molar-refractivity contribution in [3.05, 3.63) is 77.9 Å². The summed E-state index contributed by atoms with van der Waals surface area (Å²) in [5.41, 5.74) is 0.464. The van der Waals surface area contributed by atoms with Gasteiger partial charge in [0, 0.05) is 36.1 Å². The van der Waals surface area contributed by atoms with Crippen molar-refractivity contribution < 1.29 is 33.0 Å². The Labute approximate surface area is 187 Å². The molecule has 0 fully saturated rings. The minimum absolute atomic E-state index is 0.0364. The van der Waals surface area contributed by atoms with Crippen LogP contribution < -0.4 is 14.5 Å². The van der Waals surface area contributed by atoms with E-state index in [2.05, 4.69) is 0 Å². The predicted octanol–water partition coefficient (Wildman–Crippen LogP) is 3.82. The molecule has 1 heterocycles. The highest BCUT2D eigenvalue weighted by Crippen LogP contribution is 2.39. The molecule has 0 saturated carbocycles. The van der Waals surface area contributed by atoms with Gasteiger partial charge in [0.15, 0.2) is 11.7 Å². The number of methoxy groups -OCH3 is 1. The van der Waals surface area contributed by atoms with Crippen molar-refractivity contribution in [3.8, 4) is 11.5 Å². The van der Waals surface area contributed by atoms with Crippen molar-refractivity contribution in [1.29, 1.82) is 0 Å². The topological polar surface area (TPSA) is 87.2 Å². The van der Waals surface area contributed by atoms with E-state index in [1.54, 1.807) is 0 Å². The molecule has 0 bridgehead atoms. The Bertz CT molecular complexity index is 1260. The van der Waals surface area contributed by atoms with Crippen LogP contribution in [0.3, 0.4) is 0 Å². The first-order chi connectivity index (χ1) is 15.7. The van der Waals surface area contributed by atoms with E-state index in [0.29, 0.717) is 17.5 Å². The van der Waals surface area contributed by atoms with Crippen molar-refractivity contribution in [2.24, 2.45) is 5.92 Å². The van der Waals surface area contributed by atoms with Gasteiger partial charge in [-0.25, -0.2) is 8.78 Å². The van der Waals surface area contributed by atoms with Crippen molar-refractivity contribution in [3.63, 3.8) is 0 Å². The third-order valence-corrected chi connectivity index (χ3v) is 5.36. The number of nitrogens with zero attached hydrogens (tertiary/aromatic N) is 2. The molecule has 1 aliphatic rings. The van der Waals surface area contributed by atoms with Crippen molar-refractivity contribution >= 4 is 34.7 Å². The number of rotatable bonds is 4. The summed E-state index contributed by atoms with van der Waals surface area (Å²) in [6.07, 6.45) is 0. The van der Waals surface area contributed by atoms with Gasteiger partial charge in [0.2, 0.25) is 5.91 Å². The lowest BCUT2D eigenvalue weighted by molar-refractivity contribution is -0.129. The maximum Gasteiger partial charge on any atom is 0.252 e. The summed E-state index contributed by atoms with van der Waals surface area (Å²) < 4.78 is 32.6. The third kappa shape index (κ3) is 3.89. The number of halogens is 2. The second-order valence-electron chi connectivity index (χ2n) is 7.40. The SMILES string of the molecule is COc1ccc2c(c1)N(c1ccc(O)cc1)C(=O)C(C(=O)N(C)c1cc(F)cc(F)c1)C2=O. The van der Waals surface area contributed by atoms with Gasteiger partial charge >= 0.3 is 0 Å². The first-order valence-electron chi connectivity index (χ1n) is 9.80. The largest absolute Gasteiger partial charge is 0.508 e. The molecule has 3 aromatic rings. The molecule has 0 aliphatic carbocycles. The molecule has 4 rings (SSSR count). The van der Waals surface area contributed by atoms with Crippen LogP contribution in [0.2, 0.25) is 0 Å². The summed E-state index contributed by atoms with van der Waals surface area (Å²) in [7, 11) is 2.66. The molecule has 7 nitrogen and oxygen atoms in total. The fourth-order valence-corrected chi connectivity index (χ4v) is 3.69. The van der Waals surface area contributed by atoms with Gasteiger partial charge < -0.3 is 14.7 Å². The van der Waals surface area contributed by atoms with E-state index < -0.39 is 35.1 Å². The number of benzene rings is 3. The molecule has 0 saturated heterocycles. The Hall–Kier alpha value is -4.27. The van der Waals surface area contributed by atoms with E-state index in [0.717, 1.165) is 17.0 Å². The zero-order valence-corrected chi connectivity index (χ0v) is 17.6. The molecule has 0 radical (unpaired) electrons. The number of anilines is 3. The number of ether oxygens (including phenoxy) is 1. The quantitative estimate of drug-likeness (QED) is 0.609. The predicted molar refractivity (Wildman–Crippen MR) is 116 cm³/mol. The fraction of sp³-hybridized carbons (Fsp3) is 0.125. The highest BCUT2D eigenvalue weighted by atomic mass is 19.1. The summed E-state index contributed by atoms with van der Waals surface area (Å²) in [6.45, 7) is 0. The summed E-state index contributed by atoms with van der Waals surface area (Å²) >= 11 is 0. The van der Waals surface area contributed by atoms with Crippen LogP contribution in [0.1, 0.15) is 10.4 Å². The Balaban J connectivity index is 1.82. The number of hydrogen-bond acceptors (Lipinski definition) is 5. The molecule has 0 spiro atoms. The highest BCUT2D eigenvalue weighted by Gasteiger charge is 2.46. The van der Waals surface area contributed by atoms with E-state index in [1.165, 1.54) is 61.5 Å².